The number of carbonyl (C=O) groups is 1. The van der Waals surface area contributed by atoms with E-state index in [1.807, 2.05) is 60.8 Å². The molecule has 0 spiro atoms. The van der Waals surface area contributed by atoms with Crippen molar-refractivity contribution in [2.75, 3.05) is 7.11 Å². The molecule has 1 aromatic carbocycles. The van der Waals surface area contributed by atoms with Crippen LogP contribution in [0, 0.1) is 0 Å². The van der Waals surface area contributed by atoms with Gasteiger partial charge < -0.3 is 15.2 Å². The average Bonchev–Trinajstić information content (AvgIpc) is 2.90. The maximum atomic E-state index is 13.0. The van der Waals surface area contributed by atoms with Crippen LogP contribution in [0.25, 0.3) is 22.2 Å². The number of hydrogen-bond donors (Lipinski definition) is 2. The van der Waals surface area contributed by atoms with Crippen molar-refractivity contribution in [3.8, 4) is 17.1 Å². The van der Waals surface area contributed by atoms with Gasteiger partial charge in [0.2, 0.25) is 5.88 Å². The summed E-state index contributed by atoms with van der Waals surface area (Å²) in [5, 5.41) is 14.3. The second-order valence-corrected chi connectivity index (χ2v) is 8.93. The third-order valence-electron chi connectivity index (χ3n) is 6.54. The molecule has 2 atom stereocenters. The maximum Gasteiger partial charge on any atom is 0.270 e. The third-order valence-corrected chi connectivity index (χ3v) is 6.54. The van der Waals surface area contributed by atoms with Gasteiger partial charge in [-0.25, -0.2) is 9.97 Å². The molecule has 0 radical (unpaired) electrons. The predicted octanol–water partition coefficient (Wildman–Crippen LogP) is 4.32. The Labute approximate surface area is 204 Å². The van der Waals surface area contributed by atoms with Crippen LogP contribution in [-0.4, -0.2) is 45.2 Å². The highest BCUT2D eigenvalue weighted by Crippen LogP contribution is 2.24. The van der Waals surface area contributed by atoms with E-state index < -0.39 is 6.10 Å². The quantitative estimate of drug-likeness (QED) is 0.437. The van der Waals surface area contributed by atoms with Crippen molar-refractivity contribution in [2.45, 2.75) is 44.2 Å². The molecular formula is C28H28N4O3. The van der Waals surface area contributed by atoms with E-state index in [9.17, 15) is 9.90 Å². The molecule has 0 unspecified atom stereocenters. The van der Waals surface area contributed by atoms with E-state index in [0.29, 0.717) is 18.0 Å². The van der Waals surface area contributed by atoms with E-state index in [-0.39, 0.29) is 11.9 Å². The van der Waals surface area contributed by atoms with Crippen LogP contribution in [0.2, 0.25) is 0 Å². The Bertz CT molecular complexity index is 1320. The number of benzene rings is 1. The Hall–Kier alpha value is -3.84. The number of ether oxygens (including phenoxy) is 1. The fourth-order valence-electron chi connectivity index (χ4n) is 4.60. The highest BCUT2D eigenvalue weighted by atomic mass is 16.5. The monoisotopic (exact) mass is 468 g/mol. The summed E-state index contributed by atoms with van der Waals surface area (Å²) in [6.45, 7) is 0. The van der Waals surface area contributed by atoms with Crippen LogP contribution < -0.4 is 10.1 Å². The van der Waals surface area contributed by atoms with Crippen LogP contribution >= 0.6 is 0 Å². The number of aliphatic hydroxyl groups excluding tert-OH is 1. The number of rotatable bonds is 6. The van der Waals surface area contributed by atoms with Crippen molar-refractivity contribution >= 4 is 16.8 Å². The molecular weight excluding hydrogens is 440 g/mol. The van der Waals surface area contributed by atoms with Gasteiger partial charge in [-0.05, 0) is 54.7 Å². The molecule has 7 heteroatoms. The molecule has 1 fully saturated rings. The van der Waals surface area contributed by atoms with E-state index >= 15 is 0 Å². The number of aromatic nitrogens is 3. The van der Waals surface area contributed by atoms with Crippen LogP contribution in [0.5, 0.6) is 5.88 Å². The fraction of sp³-hybridized carbons (Fsp3) is 0.286. The van der Waals surface area contributed by atoms with Gasteiger partial charge >= 0.3 is 0 Å². The molecule has 35 heavy (non-hydrogen) atoms. The minimum atomic E-state index is -0.502. The number of nitrogens with one attached hydrogen (secondary N) is 1. The molecule has 7 nitrogen and oxygen atoms in total. The lowest BCUT2D eigenvalue weighted by molar-refractivity contribution is 0.0714. The number of pyridine rings is 3. The van der Waals surface area contributed by atoms with E-state index in [2.05, 4.69) is 20.3 Å². The summed E-state index contributed by atoms with van der Waals surface area (Å²) in [6.07, 6.45) is 7.22. The largest absolute Gasteiger partial charge is 0.481 e. The third kappa shape index (κ3) is 5.15. The number of para-hydroxylation sites is 1. The Balaban J connectivity index is 1.39. The summed E-state index contributed by atoms with van der Waals surface area (Å²) in [5.41, 5.74) is 4.91. The SMILES string of the molecule is COc1ccc(-c2ccc(Cc3cc(C(=O)N[C@H]4CCCC[C@@H]4O)nc4ccccc34)cn2)cn1. The van der Waals surface area contributed by atoms with Gasteiger partial charge in [0.05, 0.1) is 30.5 Å². The van der Waals surface area contributed by atoms with E-state index in [4.69, 9.17) is 4.74 Å². The van der Waals surface area contributed by atoms with Crippen molar-refractivity contribution in [2.24, 2.45) is 0 Å². The first-order chi connectivity index (χ1) is 17.1. The highest BCUT2D eigenvalue weighted by Gasteiger charge is 2.25. The first kappa shape index (κ1) is 22.9. The lowest BCUT2D eigenvalue weighted by Crippen LogP contribution is -2.45. The zero-order valence-corrected chi connectivity index (χ0v) is 19.6. The Morgan fingerprint density at radius 1 is 1.06 bits per heavy atom. The van der Waals surface area contributed by atoms with E-state index in [0.717, 1.165) is 59.0 Å². The molecule has 1 aliphatic carbocycles. The molecule has 0 saturated heterocycles. The van der Waals surface area contributed by atoms with Crippen LogP contribution in [0.1, 0.15) is 47.3 Å². The van der Waals surface area contributed by atoms with Crippen molar-refractivity contribution in [1.82, 2.24) is 20.3 Å². The fourth-order valence-corrected chi connectivity index (χ4v) is 4.60. The molecule has 5 rings (SSSR count). The summed E-state index contributed by atoms with van der Waals surface area (Å²) in [4.78, 5) is 26.5. The topological polar surface area (TPSA) is 97.2 Å². The van der Waals surface area contributed by atoms with Gasteiger partial charge in [-0.1, -0.05) is 37.1 Å². The minimum absolute atomic E-state index is 0.225. The van der Waals surface area contributed by atoms with Gasteiger partial charge in [0, 0.05) is 29.4 Å². The number of hydrogen-bond acceptors (Lipinski definition) is 6. The zero-order valence-electron chi connectivity index (χ0n) is 19.6. The summed E-state index contributed by atoms with van der Waals surface area (Å²) >= 11 is 0. The van der Waals surface area contributed by atoms with Gasteiger partial charge in [0.1, 0.15) is 5.69 Å². The first-order valence-corrected chi connectivity index (χ1v) is 11.9. The second-order valence-electron chi connectivity index (χ2n) is 8.93. The van der Waals surface area contributed by atoms with Gasteiger partial charge in [0.15, 0.2) is 0 Å². The van der Waals surface area contributed by atoms with Crippen molar-refractivity contribution in [1.29, 1.82) is 0 Å². The van der Waals surface area contributed by atoms with Crippen LogP contribution in [0.3, 0.4) is 0 Å². The molecule has 1 aliphatic rings. The van der Waals surface area contributed by atoms with Crippen LogP contribution in [0.4, 0.5) is 0 Å². The molecule has 4 aromatic rings. The Kier molecular flexibility index (Phi) is 6.68. The van der Waals surface area contributed by atoms with Gasteiger partial charge in [0.25, 0.3) is 5.91 Å². The molecule has 178 valence electrons. The molecule has 1 amide bonds. The number of methoxy groups -OCH3 is 1. The van der Waals surface area contributed by atoms with Crippen molar-refractivity contribution in [3.63, 3.8) is 0 Å². The predicted molar refractivity (Wildman–Crippen MR) is 134 cm³/mol. The Morgan fingerprint density at radius 3 is 2.66 bits per heavy atom. The van der Waals surface area contributed by atoms with Crippen molar-refractivity contribution < 1.29 is 14.6 Å². The van der Waals surface area contributed by atoms with Gasteiger partial charge in [-0.3, -0.25) is 9.78 Å². The van der Waals surface area contributed by atoms with Gasteiger partial charge in [-0.15, -0.1) is 0 Å². The number of fused-ring (bicyclic) bond motifs is 1. The first-order valence-electron chi connectivity index (χ1n) is 11.9. The zero-order chi connectivity index (χ0) is 24.2. The molecule has 0 aliphatic heterocycles. The molecule has 2 N–H and O–H groups in total. The summed E-state index contributed by atoms with van der Waals surface area (Å²) in [5.74, 6) is 0.316. The minimum Gasteiger partial charge on any atom is -0.481 e. The molecule has 0 bridgehead atoms. The average molecular weight is 469 g/mol. The van der Waals surface area contributed by atoms with Gasteiger partial charge in [-0.2, -0.15) is 0 Å². The summed E-state index contributed by atoms with van der Waals surface area (Å²) in [6, 6.07) is 17.2. The number of nitrogens with zero attached hydrogens (tertiary/aromatic N) is 3. The standard InChI is InChI=1S/C28H28N4O3/c1-35-27-13-11-19(17-30-27)22-12-10-18(16-29-22)14-20-15-25(31-23-7-3-2-6-21(20)23)28(34)32-24-8-4-5-9-26(24)33/h2-3,6-7,10-13,15-17,24,26,33H,4-5,8-9,14H2,1H3,(H,32,34)/t24-,26-/m0/s1. The smallest absolute Gasteiger partial charge is 0.270 e. The maximum absolute atomic E-state index is 13.0. The van der Waals surface area contributed by atoms with Crippen molar-refractivity contribution in [3.05, 3.63) is 83.8 Å². The summed E-state index contributed by atoms with van der Waals surface area (Å²) in [7, 11) is 1.59. The van der Waals surface area contributed by atoms with Crippen LogP contribution in [-0.2, 0) is 6.42 Å². The highest BCUT2D eigenvalue weighted by molar-refractivity contribution is 5.96. The Morgan fingerprint density at radius 2 is 1.91 bits per heavy atom. The number of amides is 1. The lowest BCUT2D eigenvalue weighted by Gasteiger charge is -2.28. The van der Waals surface area contributed by atoms with E-state index in [1.165, 1.54) is 0 Å². The van der Waals surface area contributed by atoms with E-state index in [1.54, 1.807) is 13.3 Å². The van der Waals surface area contributed by atoms with Crippen LogP contribution in [0.15, 0.2) is 67.0 Å². The number of carbonyl (C=O) groups excluding carboxylic acids is 1. The molecule has 3 aromatic heterocycles. The molecule has 1 saturated carbocycles. The number of aliphatic hydroxyl groups is 1. The summed E-state index contributed by atoms with van der Waals surface area (Å²) < 4.78 is 5.12. The second kappa shape index (κ2) is 10.2. The molecule has 3 heterocycles. The lowest BCUT2D eigenvalue weighted by atomic mass is 9.92. The normalized spacial score (nSPS) is 17.8.